The number of aromatic carboxylic acids is 1. The van der Waals surface area contributed by atoms with Gasteiger partial charge in [-0.05, 0) is 44.5 Å². The van der Waals surface area contributed by atoms with Gasteiger partial charge in [-0.25, -0.2) is 4.79 Å². The average Bonchev–Trinajstić information content (AvgIpc) is 2.84. The molecule has 2 aromatic rings. The van der Waals surface area contributed by atoms with E-state index >= 15 is 0 Å². The van der Waals surface area contributed by atoms with Crippen molar-refractivity contribution in [3.63, 3.8) is 0 Å². The summed E-state index contributed by atoms with van der Waals surface area (Å²) in [5.41, 5.74) is 3.41. The fourth-order valence-corrected chi connectivity index (χ4v) is 2.40. The van der Waals surface area contributed by atoms with E-state index in [2.05, 4.69) is 23.4 Å². The molecule has 0 bridgehead atoms. The molecule has 0 aliphatic rings. The summed E-state index contributed by atoms with van der Waals surface area (Å²) in [7, 11) is 0. The monoisotopic (exact) mass is 287 g/mol. The highest BCUT2D eigenvalue weighted by Crippen LogP contribution is 2.09. The summed E-state index contributed by atoms with van der Waals surface area (Å²) >= 11 is 0. The Hall–Kier alpha value is -2.14. The van der Waals surface area contributed by atoms with Gasteiger partial charge in [0.25, 0.3) is 0 Å². The van der Waals surface area contributed by atoms with E-state index in [1.165, 1.54) is 0 Å². The van der Waals surface area contributed by atoms with E-state index in [1.807, 2.05) is 23.7 Å². The van der Waals surface area contributed by atoms with Crippen LogP contribution in [0.3, 0.4) is 0 Å². The van der Waals surface area contributed by atoms with E-state index in [9.17, 15) is 4.79 Å². The van der Waals surface area contributed by atoms with Crippen LogP contribution in [-0.4, -0.2) is 27.4 Å². The summed E-state index contributed by atoms with van der Waals surface area (Å²) in [6.45, 7) is 6.38. The standard InChI is InChI=1S/C16H21N3O2/c1-3-19-14(10-12(2)18-19)11-17-9-8-13-6-4-5-7-15(13)16(20)21/h4-7,10,17H,3,8-9,11H2,1-2H3,(H,20,21). The molecule has 0 saturated heterocycles. The fraction of sp³-hybridized carbons (Fsp3) is 0.375. The zero-order valence-corrected chi connectivity index (χ0v) is 12.5. The first-order valence-corrected chi connectivity index (χ1v) is 7.17. The number of carboxylic acids is 1. The molecule has 1 aromatic carbocycles. The van der Waals surface area contributed by atoms with Crippen LogP contribution in [0.15, 0.2) is 30.3 Å². The second-order valence-electron chi connectivity index (χ2n) is 4.98. The first-order chi connectivity index (χ1) is 10.1. The van der Waals surface area contributed by atoms with Crippen LogP contribution in [-0.2, 0) is 19.5 Å². The fourth-order valence-electron chi connectivity index (χ4n) is 2.40. The highest BCUT2D eigenvalue weighted by Gasteiger charge is 2.08. The van der Waals surface area contributed by atoms with Crippen LogP contribution in [0.1, 0.15) is 34.2 Å². The zero-order valence-electron chi connectivity index (χ0n) is 12.5. The van der Waals surface area contributed by atoms with Gasteiger partial charge in [0.05, 0.1) is 17.0 Å². The first kappa shape index (κ1) is 15.3. The number of hydrogen-bond acceptors (Lipinski definition) is 3. The Kier molecular flexibility index (Phi) is 5.11. The van der Waals surface area contributed by atoms with Crippen molar-refractivity contribution < 1.29 is 9.90 Å². The molecule has 21 heavy (non-hydrogen) atoms. The second kappa shape index (κ2) is 7.04. The predicted octanol–water partition coefficient (Wildman–Crippen LogP) is 2.24. The summed E-state index contributed by atoms with van der Waals surface area (Å²) in [5, 5.41) is 16.9. The topological polar surface area (TPSA) is 67.2 Å². The smallest absolute Gasteiger partial charge is 0.335 e. The minimum Gasteiger partial charge on any atom is -0.478 e. The summed E-state index contributed by atoms with van der Waals surface area (Å²) in [4.78, 5) is 11.1. The Morgan fingerprint density at radius 3 is 2.86 bits per heavy atom. The molecule has 0 aliphatic heterocycles. The number of nitrogens with zero attached hydrogens (tertiary/aromatic N) is 2. The van der Waals surface area contributed by atoms with Crippen molar-refractivity contribution in [3.8, 4) is 0 Å². The van der Waals surface area contributed by atoms with Gasteiger partial charge in [0.2, 0.25) is 0 Å². The summed E-state index contributed by atoms with van der Waals surface area (Å²) < 4.78 is 1.98. The average molecular weight is 287 g/mol. The minimum atomic E-state index is -0.870. The lowest BCUT2D eigenvalue weighted by atomic mass is 10.0. The molecule has 2 rings (SSSR count). The van der Waals surface area contributed by atoms with Crippen molar-refractivity contribution in [1.29, 1.82) is 0 Å². The number of carbonyl (C=O) groups is 1. The van der Waals surface area contributed by atoms with Gasteiger partial charge in [-0.2, -0.15) is 5.10 Å². The maximum absolute atomic E-state index is 11.1. The SMILES string of the molecule is CCn1nc(C)cc1CNCCc1ccccc1C(=O)O. The third-order valence-corrected chi connectivity index (χ3v) is 3.41. The van der Waals surface area contributed by atoms with E-state index in [1.54, 1.807) is 12.1 Å². The molecule has 0 atom stereocenters. The maximum Gasteiger partial charge on any atom is 0.335 e. The Morgan fingerprint density at radius 2 is 2.14 bits per heavy atom. The van der Waals surface area contributed by atoms with Crippen molar-refractivity contribution >= 4 is 5.97 Å². The molecule has 0 amide bonds. The Balaban J connectivity index is 1.89. The van der Waals surface area contributed by atoms with E-state index in [4.69, 9.17) is 5.11 Å². The quantitative estimate of drug-likeness (QED) is 0.766. The predicted molar refractivity (Wildman–Crippen MR) is 81.5 cm³/mol. The highest BCUT2D eigenvalue weighted by molar-refractivity contribution is 5.89. The van der Waals surface area contributed by atoms with Gasteiger partial charge in [-0.3, -0.25) is 4.68 Å². The lowest BCUT2D eigenvalue weighted by Crippen LogP contribution is -2.20. The van der Waals surface area contributed by atoms with E-state index in [-0.39, 0.29) is 0 Å². The third-order valence-electron chi connectivity index (χ3n) is 3.41. The molecule has 1 aromatic heterocycles. The van der Waals surface area contributed by atoms with Gasteiger partial charge < -0.3 is 10.4 Å². The summed E-state index contributed by atoms with van der Waals surface area (Å²) in [5.74, 6) is -0.870. The zero-order chi connectivity index (χ0) is 15.2. The number of rotatable bonds is 7. The summed E-state index contributed by atoms with van der Waals surface area (Å²) in [6.07, 6.45) is 0.696. The van der Waals surface area contributed by atoms with Crippen LogP contribution in [0.25, 0.3) is 0 Å². The molecule has 0 aliphatic carbocycles. The number of nitrogens with one attached hydrogen (secondary N) is 1. The van der Waals surface area contributed by atoms with E-state index < -0.39 is 5.97 Å². The van der Waals surface area contributed by atoms with Crippen LogP contribution < -0.4 is 5.32 Å². The van der Waals surface area contributed by atoms with Crippen LogP contribution >= 0.6 is 0 Å². The molecular weight excluding hydrogens is 266 g/mol. The molecule has 5 nitrogen and oxygen atoms in total. The lowest BCUT2D eigenvalue weighted by molar-refractivity contribution is 0.0695. The molecule has 0 fully saturated rings. The van der Waals surface area contributed by atoms with Crippen LogP contribution in [0.4, 0.5) is 0 Å². The molecule has 0 radical (unpaired) electrons. The van der Waals surface area contributed by atoms with Crippen molar-refractivity contribution in [3.05, 3.63) is 52.8 Å². The molecule has 0 unspecified atom stereocenters. The number of carboxylic acid groups (broad SMARTS) is 1. The maximum atomic E-state index is 11.1. The first-order valence-electron chi connectivity index (χ1n) is 7.17. The van der Waals surface area contributed by atoms with Gasteiger partial charge >= 0.3 is 5.97 Å². The van der Waals surface area contributed by atoms with Crippen molar-refractivity contribution in [2.24, 2.45) is 0 Å². The van der Waals surface area contributed by atoms with Gasteiger partial charge in [0, 0.05) is 13.1 Å². The van der Waals surface area contributed by atoms with Gasteiger partial charge in [-0.1, -0.05) is 18.2 Å². The Labute approximate surface area is 124 Å². The molecule has 5 heteroatoms. The number of aryl methyl sites for hydroxylation is 2. The van der Waals surface area contributed by atoms with E-state index in [0.717, 1.165) is 36.6 Å². The highest BCUT2D eigenvalue weighted by atomic mass is 16.4. The van der Waals surface area contributed by atoms with Crippen molar-refractivity contribution in [2.45, 2.75) is 33.4 Å². The van der Waals surface area contributed by atoms with Crippen LogP contribution in [0, 0.1) is 6.92 Å². The molecule has 0 saturated carbocycles. The Bertz CT molecular complexity index is 620. The molecular formula is C16H21N3O2. The number of hydrogen-bond donors (Lipinski definition) is 2. The number of aromatic nitrogens is 2. The van der Waals surface area contributed by atoms with E-state index in [0.29, 0.717) is 12.0 Å². The minimum absolute atomic E-state index is 0.383. The van der Waals surface area contributed by atoms with Crippen molar-refractivity contribution in [2.75, 3.05) is 6.54 Å². The van der Waals surface area contributed by atoms with Crippen molar-refractivity contribution in [1.82, 2.24) is 15.1 Å². The molecule has 112 valence electrons. The van der Waals surface area contributed by atoms with Gasteiger partial charge in [0.1, 0.15) is 0 Å². The lowest BCUT2D eigenvalue weighted by Gasteiger charge is -2.08. The Morgan fingerprint density at radius 1 is 1.38 bits per heavy atom. The number of benzene rings is 1. The molecule has 1 heterocycles. The summed E-state index contributed by atoms with van der Waals surface area (Å²) in [6, 6.07) is 9.21. The normalized spacial score (nSPS) is 10.8. The second-order valence-corrected chi connectivity index (χ2v) is 4.98. The van der Waals surface area contributed by atoms with Gasteiger partial charge in [-0.15, -0.1) is 0 Å². The van der Waals surface area contributed by atoms with Gasteiger partial charge in [0.15, 0.2) is 0 Å². The van der Waals surface area contributed by atoms with Crippen LogP contribution in [0.5, 0.6) is 0 Å². The third kappa shape index (κ3) is 3.92. The molecule has 0 spiro atoms. The molecule has 2 N–H and O–H groups in total. The van der Waals surface area contributed by atoms with Crippen LogP contribution in [0.2, 0.25) is 0 Å². The largest absolute Gasteiger partial charge is 0.478 e.